The zero-order valence-electron chi connectivity index (χ0n) is 11.7. The van der Waals surface area contributed by atoms with Gasteiger partial charge in [0, 0.05) is 11.5 Å². The summed E-state index contributed by atoms with van der Waals surface area (Å²) < 4.78 is 18.7. The van der Waals surface area contributed by atoms with Gasteiger partial charge in [-0.2, -0.15) is 0 Å². The van der Waals surface area contributed by atoms with Crippen molar-refractivity contribution in [3.05, 3.63) is 40.9 Å². The minimum atomic E-state index is -1.05. The van der Waals surface area contributed by atoms with Gasteiger partial charge in [-0.1, -0.05) is 18.0 Å². The zero-order chi connectivity index (χ0) is 15.0. The summed E-state index contributed by atoms with van der Waals surface area (Å²) in [6.45, 7) is 1.64. The van der Waals surface area contributed by atoms with Crippen molar-refractivity contribution >= 4 is 5.97 Å². The molecule has 0 atom stereocenters. The molecule has 5 heteroatoms. The van der Waals surface area contributed by atoms with E-state index in [1.165, 1.54) is 12.1 Å². The summed E-state index contributed by atoms with van der Waals surface area (Å²) in [5.74, 6) is -0.791. The van der Waals surface area contributed by atoms with Gasteiger partial charge in [0.25, 0.3) is 0 Å². The Morgan fingerprint density at radius 3 is 2.71 bits per heavy atom. The second kappa shape index (κ2) is 5.31. The van der Waals surface area contributed by atoms with Crippen LogP contribution in [0.15, 0.2) is 22.7 Å². The Morgan fingerprint density at radius 1 is 1.38 bits per heavy atom. The number of nitrogens with zero attached hydrogens (tertiary/aromatic N) is 1. The lowest BCUT2D eigenvalue weighted by atomic mass is 9.97. The van der Waals surface area contributed by atoms with Gasteiger partial charge in [0.2, 0.25) is 0 Å². The Bertz CT molecular complexity index is 687. The maximum absolute atomic E-state index is 13.4. The Balaban J connectivity index is 2.09. The number of carbonyl (C=O) groups is 1. The lowest BCUT2D eigenvalue weighted by molar-refractivity contribution is 0.0694. The molecule has 1 aliphatic carbocycles. The summed E-state index contributed by atoms with van der Waals surface area (Å²) >= 11 is 0. The van der Waals surface area contributed by atoms with E-state index in [1.54, 1.807) is 13.0 Å². The Labute approximate surface area is 121 Å². The lowest BCUT2D eigenvalue weighted by Crippen LogP contribution is -2.04. The van der Waals surface area contributed by atoms with Gasteiger partial charge < -0.3 is 9.63 Å². The van der Waals surface area contributed by atoms with Gasteiger partial charge in [-0.25, -0.2) is 9.18 Å². The molecular weight excluding hydrogens is 273 g/mol. The van der Waals surface area contributed by atoms with Crippen LogP contribution in [-0.2, 0) is 0 Å². The molecule has 4 nitrogen and oxygen atoms in total. The maximum Gasteiger partial charge on any atom is 0.341 e. The van der Waals surface area contributed by atoms with Gasteiger partial charge in [0.05, 0.1) is 0 Å². The average Bonchev–Trinajstić information content (AvgIpc) is 3.09. The molecule has 1 aromatic carbocycles. The highest BCUT2D eigenvalue weighted by Gasteiger charge is 2.30. The van der Waals surface area contributed by atoms with Gasteiger partial charge in [0.1, 0.15) is 17.1 Å². The monoisotopic (exact) mass is 289 g/mol. The van der Waals surface area contributed by atoms with Crippen LogP contribution < -0.4 is 0 Å². The number of benzene rings is 1. The number of aromatic nitrogens is 1. The number of carboxylic acids is 1. The van der Waals surface area contributed by atoms with Gasteiger partial charge in [0.15, 0.2) is 5.76 Å². The molecule has 2 aromatic rings. The van der Waals surface area contributed by atoms with Crippen LogP contribution in [-0.4, -0.2) is 16.2 Å². The van der Waals surface area contributed by atoms with E-state index in [4.69, 9.17) is 4.52 Å². The Hall–Kier alpha value is -2.17. The molecule has 3 rings (SSSR count). The largest absolute Gasteiger partial charge is 0.477 e. The molecule has 1 saturated carbocycles. The van der Waals surface area contributed by atoms with E-state index in [9.17, 15) is 14.3 Å². The van der Waals surface area contributed by atoms with Crippen LogP contribution in [0.4, 0.5) is 4.39 Å². The number of hydrogen-bond donors (Lipinski definition) is 1. The molecule has 0 saturated heterocycles. The number of aromatic carboxylic acids is 1. The third kappa shape index (κ3) is 2.44. The quantitative estimate of drug-likeness (QED) is 0.922. The molecule has 21 heavy (non-hydrogen) atoms. The van der Waals surface area contributed by atoms with Crippen LogP contribution in [0.2, 0.25) is 0 Å². The molecule has 1 heterocycles. The van der Waals surface area contributed by atoms with Crippen LogP contribution in [0.5, 0.6) is 0 Å². The summed E-state index contributed by atoms with van der Waals surface area (Å²) in [7, 11) is 0. The summed E-state index contributed by atoms with van der Waals surface area (Å²) in [6.07, 6.45) is 4.01. The maximum atomic E-state index is 13.4. The van der Waals surface area contributed by atoms with Crippen molar-refractivity contribution in [1.29, 1.82) is 0 Å². The smallest absolute Gasteiger partial charge is 0.341 e. The van der Waals surface area contributed by atoms with Crippen LogP contribution in [0.1, 0.15) is 53.3 Å². The van der Waals surface area contributed by atoms with Crippen LogP contribution in [0.25, 0.3) is 11.3 Å². The molecule has 0 amide bonds. The van der Waals surface area contributed by atoms with Gasteiger partial charge in [-0.05, 0) is 43.5 Å². The van der Waals surface area contributed by atoms with Crippen molar-refractivity contribution < 1.29 is 18.8 Å². The predicted octanol–water partition coefficient (Wildman–Crippen LogP) is 4.14. The molecule has 1 fully saturated rings. The van der Waals surface area contributed by atoms with Crippen molar-refractivity contribution in [2.24, 2.45) is 0 Å². The molecule has 110 valence electrons. The van der Waals surface area contributed by atoms with Crippen molar-refractivity contribution in [3.8, 4) is 11.3 Å². The highest BCUT2D eigenvalue weighted by molar-refractivity contribution is 5.96. The third-order valence-corrected chi connectivity index (χ3v) is 4.09. The number of carboxylic acid groups (broad SMARTS) is 1. The molecule has 1 aliphatic rings. The summed E-state index contributed by atoms with van der Waals surface area (Å²) in [4.78, 5) is 11.6. The first kappa shape index (κ1) is 13.8. The first-order valence-corrected chi connectivity index (χ1v) is 7.07. The molecule has 0 radical (unpaired) electrons. The molecule has 0 unspecified atom stereocenters. The highest BCUT2D eigenvalue weighted by atomic mass is 19.1. The van der Waals surface area contributed by atoms with Gasteiger partial charge in [-0.3, -0.25) is 0 Å². The second-order valence-electron chi connectivity index (χ2n) is 5.52. The standard InChI is InChI=1S/C16H16FNO3/c1-9-8-11(6-7-12(9)17)14-13(16(19)20)15(21-18-14)10-4-2-3-5-10/h6-8,10H,2-5H2,1H3,(H,19,20). The summed E-state index contributed by atoms with van der Waals surface area (Å²) in [5.41, 5.74) is 1.42. The van der Waals surface area contributed by atoms with E-state index >= 15 is 0 Å². The molecule has 1 aromatic heterocycles. The number of hydrogen-bond acceptors (Lipinski definition) is 3. The summed E-state index contributed by atoms with van der Waals surface area (Å²) in [5, 5.41) is 13.5. The third-order valence-electron chi connectivity index (χ3n) is 4.09. The Morgan fingerprint density at radius 2 is 2.10 bits per heavy atom. The summed E-state index contributed by atoms with van der Waals surface area (Å²) in [6, 6.07) is 4.45. The van der Waals surface area contributed by atoms with Crippen LogP contribution >= 0.6 is 0 Å². The van der Waals surface area contributed by atoms with E-state index in [2.05, 4.69) is 5.16 Å². The van der Waals surface area contributed by atoms with Gasteiger partial charge >= 0.3 is 5.97 Å². The highest BCUT2D eigenvalue weighted by Crippen LogP contribution is 2.39. The van der Waals surface area contributed by atoms with E-state index in [0.717, 1.165) is 25.7 Å². The fourth-order valence-electron chi connectivity index (χ4n) is 2.97. The second-order valence-corrected chi connectivity index (χ2v) is 5.52. The Kier molecular flexibility index (Phi) is 3.49. The van der Waals surface area contributed by atoms with Crippen molar-refractivity contribution in [2.75, 3.05) is 0 Å². The molecule has 0 spiro atoms. The van der Waals surface area contributed by atoms with Crippen LogP contribution in [0, 0.1) is 12.7 Å². The fourth-order valence-corrected chi connectivity index (χ4v) is 2.97. The van der Waals surface area contributed by atoms with Crippen molar-refractivity contribution in [2.45, 2.75) is 38.5 Å². The minimum absolute atomic E-state index is 0.118. The van der Waals surface area contributed by atoms with E-state index in [1.807, 2.05) is 0 Å². The SMILES string of the molecule is Cc1cc(-c2noc(C3CCCC3)c2C(=O)O)ccc1F. The number of rotatable bonds is 3. The first-order valence-electron chi connectivity index (χ1n) is 7.07. The molecule has 1 N–H and O–H groups in total. The predicted molar refractivity (Wildman–Crippen MR) is 74.8 cm³/mol. The molecular formula is C16H16FNO3. The van der Waals surface area contributed by atoms with Gasteiger partial charge in [-0.15, -0.1) is 0 Å². The topological polar surface area (TPSA) is 63.3 Å². The first-order chi connectivity index (χ1) is 10.1. The van der Waals surface area contributed by atoms with E-state index in [0.29, 0.717) is 16.9 Å². The average molecular weight is 289 g/mol. The number of halogens is 1. The lowest BCUT2D eigenvalue weighted by Gasteiger charge is -2.06. The van der Waals surface area contributed by atoms with E-state index in [-0.39, 0.29) is 23.0 Å². The zero-order valence-corrected chi connectivity index (χ0v) is 11.7. The van der Waals surface area contributed by atoms with E-state index < -0.39 is 5.97 Å². The van der Waals surface area contributed by atoms with Crippen molar-refractivity contribution in [1.82, 2.24) is 5.16 Å². The molecule has 0 bridgehead atoms. The normalized spacial score (nSPS) is 15.5. The van der Waals surface area contributed by atoms with Crippen molar-refractivity contribution in [3.63, 3.8) is 0 Å². The number of aryl methyl sites for hydroxylation is 1. The van der Waals surface area contributed by atoms with Crippen LogP contribution in [0.3, 0.4) is 0 Å². The molecule has 0 aliphatic heterocycles. The fraction of sp³-hybridized carbons (Fsp3) is 0.375. The minimum Gasteiger partial charge on any atom is -0.477 e.